The maximum atomic E-state index is 14.4. The number of hydrogen-bond donors (Lipinski definition) is 0. The van der Waals surface area contributed by atoms with Crippen molar-refractivity contribution in [1.29, 1.82) is 0 Å². The summed E-state index contributed by atoms with van der Waals surface area (Å²) < 4.78 is 13.3. The first-order chi connectivity index (χ1) is 20.5. The number of methoxy groups -OCH3 is 1. The summed E-state index contributed by atoms with van der Waals surface area (Å²) in [4.78, 5) is 31.7. The van der Waals surface area contributed by atoms with Crippen molar-refractivity contribution in [3.8, 4) is 17.2 Å². The van der Waals surface area contributed by atoms with Gasteiger partial charge in [-0.3, -0.25) is 14.5 Å². The highest BCUT2D eigenvalue weighted by Gasteiger charge is 2.37. The summed E-state index contributed by atoms with van der Waals surface area (Å²) in [5.41, 5.74) is 4.23. The fraction of sp³-hybridized carbons (Fsp3) is 0.314. The normalized spacial score (nSPS) is 13.7. The lowest BCUT2D eigenvalue weighted by molar-refractivity contribution is -0.119. The molecular weight excluding hydrogens is 526 g/mol. The molecule has 1 atom stereocenters. The Bertz CT molecular complexity index is 1490. The number of unbranched alkanes of at least 4 members (excludes halogenated alkanes) is 2. The predicted molar refractivity (Wildman–Crippen MR) is 166 cm³/mol. The van der Waals surface area contributed by atoms with Crippen LogP contribution in [0.3, 0.4) is 0 Å². The third-order valence-electron chi connectivity index (χ3n) is 7.68. The number of carbonyl (C=O) groups is 2. The van der Waals surface area contributed by atoms with Crippen molar-refractivity contribution in [2.24, 2.45) is 0 Å². The van der Waals surface area contributed by atoms with Crippen LogP contribution in [0.1, 0.15) is 67.2 Å². The van der Waals surface area contributed by atoms with Gasteiger partial charge < -0.3 is 18.9 Å². The third kappa shape index (κ3) is 6.05. The van der Waals surface area contributed by atoms with Crippen molar-refractivity contribution in [1.82, 2.24) is 9.47 Å². The van der Waals surface area contributed by atoms with Gasteiger partial charge in [0, 0.05) is 18.3 Å². The average Bonchev–Trinajstić information content (AvgIpc) is 3.53. The summed E-state index contributed by atoms with van der Waals surface area (Å²) in [6.07, 6.45) is 5.79. The Morgan fingerprint density at radius 1 is 0.810 bits per heavy atom. The molecule has 0 aliphatic carbocycles. The van der Waals surface area contributed by atoms with Crippen LogP contribution in [0.5, 0.6) is 11.5 Å². The van der Waals surface area contributed by atoms with E-state index >= 15 is 0 Å². The second-order valence-electron chi connectivity index (χ2n) is 10.5. The van der Waals surface area contributed by atoms with Crippen LogP contribution in [-0.2, 0) is 4.79 Å². The van der Waals surface area contributed by atoms with Crippen molar-refractivity contribution >= 4 is 17.5 Å². The molecule has 7 heteroatoms. The highest BCUT2D eigenvalue weighted by atomic mass is 16.5. The van der Waals surface area contributed by atoms with Gasteiger partial charge in [-0.2, -0.15) is 0 Å². The van der Waals surface area contributed by atoms with Gasteiger partial charge in [0.1, 0.15) is 24.1 Å². The van der Waals surface area contributed by atoms with E-state index in [0.29, 0.717) is 18.7 Å². The van der Waals surface area contributed by atoms with Gasteiger partial charge in [-0.25, -0.2) is 0 Å². The molecule has 0 fully saturated rings. The Labute approximate surface area is 248 Å². The third-order valence-corrected chi connectivity index (χ3v) is 7.68. The number of carbonyl (C=O) groups excluding carboxylic acids is 2. The van der Waals surface area contributed by atoms with Crippen molar-refractivity contribution in [3.63, 3.8) is 0 Å². The lowest BCUT2D eigenvalue weighted by Crippen LogP contribution is -2.47. The van der Waals surface area contributed by atoms with Crippen LogP contribution in [0.15, 0.2) is 91.1 Å². The molecule has 1 aromatic heterocycles. The van der Waals surface area contributed by atoms with Crippen LogP contribution in [0.25, 0.3) is 5.69 Å². The monoisotopic (exact) mass is 565 g/mol. The van der Waals surface area contributed by atoms with Crippen molar-refractivity contribution in [2.45, 2.75) is 45.6 Å². The predicted octanol–water partition coefficient (Wildman–Crippen LogP) is 7.04. The van der Waals surface area contributed by atoms with Crippen LogP contribution in [-0.4, -0.2) is 48.1 Å². The number of fused-ring (bicyclic) bond motifs is 3. The minimum absolute atomic E-state index is 0.0325. The molecule has 0 radical (unpaired) electrons. The molecular formula is C35H39N3O4. The number of anilines is 1. The van der Waals surface area contributed by atoms with Crippen molar-refractivity contribution < 1.29 is 19.1 Å². The van der Waals surface area contributed by atoms with Gasteiger partial charge >= 0.3 is 0 Å². The van der Waals surface area contributed by atoms with Gasteiger partial charge in [0.15, 0.2) is 0 Å². The minimum atomic E-state index is -0.365. The number of hydrogen-bond acceptors (Lipinski definition) is 4. The summed E-state index contributed by atoms with van der Waals surface area (Å²) in [6, 6.07) is 26.7. The van der Waals surface area contributed by atoms with Crippen LogP contribution >= 0.6 is 0 Å². The van der Waals surface area contributed by atoms with Gasteiger partial charge in [0.05, 0.1) is 30.8 Å². The average molecular weight is 566 g/mol. The SMILES string of the molecule is CCCCOc1ccc(C(=O)N(CCCC)CC(=O)N2c3ccccc3-n3cccc3C2c2ccc(OC)cc2)cc1. The van der Waals surface area contributed by atoms with E-state index in [2.05, 4.69) is 24.5 Å². The van der Waals surface area contributed by atoms with E-state index < -0.39 is 0 Å². The number of para-hydroxylation sites is 2. The summed E-state index contributed by atoms with van der Waals surface area (Å²) >= 11 is 0. The largest absolute Gasteiger partial charge is 0.497 e. The molecule has 0 saturated carbocycles. The molecule has 2 heterocycles. The van der Waals surface area contributed by atoms with E-state index in [1.165, 1.54) is 0 Å². The Kier molecular flexibility index (Phi) is 9.27. The Morgan fingerprint density at radius 2 is 1.50 bits per heavy atom. The molecule has 1 aliphatic rings. The number of nitrogens with zero attached hydrogens (tertiary/aromatic N) is 3. The first-order valence-corrected chi connectivity index (χ1v) is 14.8. The number of benzene rings is 3. The molecule has 42 heavy (non-hydrogen) atoms. The van der Waals surface area contributed by atoms with E-state index in [1.807, 2.05) is 77.8 Å². The Balaban J connectivity index is 1.46. The summed E-state index contributed by atoms with van der Waals surface area (Å²) in [6.45, 7) is 5.32. The summed E-state index contributed by atoms with van der Waals surface area (Å²) in [7, 11) is 1.64. The van der Waals surface area contributed by atoms with Gasteiger partial charge in [-0.1, -0.05) is 51.0 Å². The van der Waals surface area contributed by atoms with E-state index in [-0.39, 0.29) is 24.4 Å². The van der Waals surface area contributed by atoms with E-state index in [9.17, 15) is 9.59 Å². The first kappa shape index (κ1) is 29.0. The van der Waals surface area contributed by atoms with Crippen molar-refractivity contribution in [3.05, 3.63) is 108 Å². The Morgan fingerprint density at radius 3 is 2.19 bits per heavy atom. The lowest BCUT2D eigenvalue weighted by atomic mass is 9.97. The molecule has 0 N–H and O–H groups in total. The Hall–Kier alpha value is -4.52. The second kappa shape index (κ2) is 13.4. The fourth-order valence-electron chi connectivity index (χ4n) is 5.42. The summed E-state index contributed by atoms with van der Waals surface area (Å²) in [5, 5.41) is 0. The summed E-state index contributed by atoms with van der Waals surface area (Å²) in [5.74, 6) is 1.19. The van der Waals surface area contributed by atoms with E-state index in [0.717, 1.165) is 59.8 Å². The molecule has 0 saturated heterocycles. The highest BCUT2D eigenvalue weighted by Crippen LogP contribution is 2.42. The van der Waals surface area contributed by atoms with Crippen LogP contribution < -0.4 is 14.4 Å². The quantitative estimate of drug-likeness (QED) is 0.173. The first-order valence-electron chi connectivity index (χ1n) is 14.8. The molecule has 7 nitrogen and oxygen atoms in total. The fourth-order valence-corrected chi connectivity index (χ4v) is 5.42. The molecule has 5 rings (SSSR count). The molecule has 0 spiro atoms. The number of ether oxygens (including phenoxy) is 2. The van der Waals surface area contributed by atoms with Gasteiger partial charge in [-0.15, -0.1) is 0 Å². The van der Waals surface area contributed by atoms with Crippen LogP contribution in [0, 0.1) is 0 Å². The molecule has 3 aromatic carbocycles. The molecule has 1 aliphatic heterocycles. The van der Waals surface area contributed by atoms with E-state index in [4.69, 9.17) is 9.47 Å². The minimum Gasteiger partial charge on any atom is -0.497 e. The number of aromatic nitrogens is 1. The van der Waals surface area contributed by atoms with Crippen molar-refractivity contribution in [2.75, 3.05) is 31.7 Å². The second-order valence-corrected chi connectivity index (χ2v) is 10.5. The topological polar surface area (TPSA) is 64.0 Å². The van der Waals surface area contributed by atoms with Gasteiger partial charge in [0.25, 0.3) is 5.91 Å². The standard InChI is InChI=1S/C35H39N3O4/c1-4-6-22-36(35(40)27-16-20-29(21-17-27)42-24-7-5-2)25-33(39)38-31-12-9-8-11-30(31)37-23-10-13-32(37)34(38)26-14-18-28(41-3)19-15-26/h8-21,23,34H,4-7,22,24-25H2,1-3H3. The molecule has 2 amide bonds. The molecule has 218 valence electrons. The van der Waals surface area contributed by atoms with Crippen LogP contribution in [0.4, 0.5) is 5.69 Å². The smallest absolute Gasteiger partial charge is 0.254 e. The molecule has 4 aromatic rings. The lowest BCUT2D eigenvalue weighted by Gasteiger charge is -2.39. The zero-order chi connectivity index (χ0) is 29.5. The maximum absolute atomic E-state index is 14.4. The zero-order valence-electron chi connectivity index (χ0n) is 24.7. The van der Waals surface area contributed by atoms with Crippen LogP contribution in [0.2, 0.25) is 0 Å². The molecule has 1 unspecified atom stereocenters. The zero-order valence-corrected chi connectivity index (χ0v) is 24.7. The maximum Gasteiger partial charge on any atom is 0.254 e. The number of amides is 2. The van der Waals surface area contributed by atoms with Gasteiger partial charge in [-0.05, 0) is 79.1 Å². The van der Waals surface area contributed by atoms with E-state index in [1.54, 1.807) is 24.1 Å². The molecule has 0 bridgehead atoms. The number of rotatable bonds is 12. The highest BCUT2D eigenvalue weighted by molar-refractivity contribution is 6.02. The van der Waals surface area contributed by atoms with Gasteiger partial charge in [0.2, 0.25) is 5.91 Å².